The van der Waals surface area contributed by atoms with Crippen LogP contribution in [0.15, 0.2) is 29.3 Å². The van der Waals surface area contributed by atoms with E-state index in [1.54, 1.807) is 14.1 Å². The van der Waals surface area contributed by atoms with Gasteiger partial charge in [-0.2, -0.15) is 0 Å². The van der Waals surface area contributed by atoms with Crippen LogP contribution in [0.2, 0.25) is 0 Å². The fourth-order valence-electron chi connectivity index (χ4n) is 3.07. The van der Waals surface area contributed by atoms with Crippen molar-refractivity contribution in [1.82, 2.24) is 20.9 Å². The molecule has 7 heteroatoms. The molecule has 1 aliphatic heterocycles. The molecule has 146 valence electrons. The second-order valence-electron chi connectivity index (χ2n) is 6.36. The lowest BCUT2D eigenvalue weighted by molar-refractivity contribution is 0.0963. The van der Waals surface area contributed by atoms with Gasteiger partial charge in [0.05, 0.1) is 0 Å². The normalized spacial score (nSPS) is 15.1. The van der Waals surface area contributed by atoms with Crippen LogP contribution in [0.4, 0.5) is 0 Å². The zero-order chi connectivity index (χ0) is 17.9. The molecule has 1 aromatic carbocycles. The van der Waals surface area contributed by atoms with Crippen LogP contribution in [0.3, 0.4) is 0 Å². The van der Waals surface area contributed by atoms with E-state index in [4.69, 9.17) is 0 Å². The smallest absolute Gasteiger partial charge is 0.251 e. The summed E-state index contributed by atoms with van der Waals surface area (Å²) in [6.45, 7) is 5.19. The maximum atomic E-state index is 11.7. The minimum Gasteiger partial charge on any atom is -0.356 e. The van der Waals surface area contributed by atoms with Crippen LogP contribution in [0.1, 0.15) is 35.2 Å². The molecule has 1 heterocycles. The maximum absolute atomic E-state index is 11.7. The van der Waals surface area contributed by atoms with Gasteiger partial charge in [-0.3, -0.25) is 9.79 Å². The van der Waals surface area contributed by atoms with Crippen molar-refractivity contribution >= 4 is 35.8 Å². The number of likely N-dealkylation sites (tertiary alicyclic amines) is 1. The molecule has 0 aromatic heterocycles. The molecule has 0 saturated carbocycles. The molecule has 1 amide bonds. The summed E-state index contributed by atoms with van der Waals surface area (Å²) in [6, 6.07) is 7.73. The van der Waals surface area contributed by atoms with Crippen LogP contribution >= 0.6 is 24.0 Å². The van der Waals surface area contributed by atoms with Crippen molar-refractivity contribution < 1.29 is 4.79 Å². The zero-order valence-electron chi connectivity index (χ0n) is 15.9. The SMILES string of the molecule is CN=C(NCCc1cccc(C(=O)NC)c1)NCCN1CCCCC1.I. The van der Waals surface area contributed by atoms with Gasteiger partial charge in [-0.25, -0.2) is 0 Å². The third kappa shape index (κ3) is 7.90. The van der Waals surface area contributed by atoms with E-state index in [2.05, 4.69) is 25.8 Å². The third-order valence-electron chi connectivity index (χ3n) is 4.52. The molecular formula is C19H32IN5O. The number of hydrogen-bond donors (Lipinski definition) is 3. The number of hydrogen-bond acceptors (Lipinski definition) is 3. The van der Waals surface area contributed by atoms with E-state index in [1.165, 1.54) is 32.4 Å². The Morgan fingerprint density at radius 2 is 1.88 bits per heavy atom. The minimum atomic E-state index is -0.0509. The lowest BCUT2D eigenvalue weighted by Gasteiger charge is -2.26. The van der Waals surface area contributed by atoms with Crippen LogP contribution in [0.25, 0.3) is 0 Å². The van der Waals surface area contributed by atoms with E-state index in [-0.39, 0.29) is 29.9 Å². The van der Waals surface area contributed by atoms with Gasteiger partial charge in [0.25, 0.3) is 5.91 Å². The number of amides is 1. The number of guanidine groups is 1. The van der Waals surface area contributed by atoms with Gasteiger partial charge >= 0.3 is 0 Å². The number of halogens is 1. The summed E-state index contributed by atoms with van der Waals surface area (Å²) in [7, 11) is 3.44. The summed E-state index contributed by atoms with van der Waals surface area (Å²) < 4.78 is 0. The first-order valence-electron chi connectivity index (χ1n) is 9.21. The van der Waals surface area contributed by atoms with E-state index in [9.17, 15) is 4.79 Å². The number of carbonyl (C=O) groups excluding carboxylic acids is 1. The highest BCUT2D eigenvalue weighted by atomic mass is 127. The Morgan fingerprint density at radius 1 is 1.15 bits per heavy atom. The highest BCUT2D eigenvalue weighted by Gasteiger charge is 2.09. The monoisotopic (exact) mass is 473 g/mol. The molecule has 26 heavy (non-hydrogen) atoms. The average molecular weight is 473 g/mol. The molecule has 0 bridgehead atoms. The topological polar surface area (TPSA) is 68.8 Å². The lowest BCUT2D eigenvalue weighted by Crippen LogP contribution is -2.43. The van der Waals surface area contributed by atoms with E-state index < -0.39 is 0 Å². The van der Waals surface area contributed by atoms with E-state index in [0.717, 1.165) is 37.6 Å². The Kier molecular flexibility index (Phi) is 11.3. The lowest BCUT2D eigenvalue weighted by atomic mass is 10.1. The van der Waals surface area contributed by atoms with E-state index in [0.29, 0.717) is 5.56 Å². The summed E-state index contributed by atoms with van der Waals surface area (Å²) in [5.74, 6) is 0.782. The zero-order valence-corrected chi connectivity index (χ0v) is 18.2. The van der Waals surface area contributed by atoms with Crippen LogP contribution < -0.4 is 16.0 Å². The van der Waals surface area contributed by atoms with Crippen molar-refractivity contribution in [1.29, 1.82) is 0 Å². The largest absolute Gasteiger partial charge is 0.356 e. The van der Waals surface area contributed by atoms with Gasteiger partial charge in [0.2, 0.25) is 0 Å². The minimum absolute atomic E-state index is 0. The van der Waals surface area contributed by atoms with Gasteiger partial charge in [-0.05, 0) is 50.0 Å². The van der Waals surface area contributed by atoms with Gasteiger partial charge in [-0.1, -0.05) is 18.6 Å². The first-order valence-corrected chi connectivity index (χ1v) is 9.21. The molecule has 0 aliphatic carbocycles. The molecule has 0 atom stereocenters. The van der Waals surface area contributed by atoms with Crippen LogP contribution in [-0.2, 0) is 6.42 Å². The molecule has 0 spiro atoms. The van der Waals surface area contributed by atoms with Gasteiger partial charge < -0.3 is 20.9 Å². The summed E-state index contributed by atoms with van der Waals surface area (Å²) in [6.07, 6.45) is 4.86. The number of piperidine rings is 1. The predicted molar refractivity (Wildman–Crippen MR) is 119 cm³/mol. The number of benzene rings is 1. The van der Waals surface area contributed by atoms with E-state index >= 15 is 0 Å². The number of nitrogens with one attached hydrogen (secondary N) is 3. The molecule has 1 aromatic rings. The Morgan fingerprint density at radius 3 is 2.58 bits per heavy atom. The molecule has 3 N–H and O–H groups in total. The van der Waals surface area contributed by atoms with Crippen LogP contribution in [0, 0.1) is 0 Å². The molecular weight excluding hydrogens is 441 g/mol. The highest BCUT2D eigenvalue weighted by molar-refractivity contribution is 14.0. The Hall–Kier alpha value is -1.35. The fraction of sp³-hybridized carbons (Fsp3) is 0.579. The van der Waals surface area contributed by atoms with Crippen molar-refractivity contribution in [2.75, 3.05) is 46.8 Å². The second-order valence-corrected chi connectivity index (χ2v) is 6.36. The quantitative estimate of drug-likeness (QED) is 0.321. The molecule has 2 rings (SSSR count). The standard InChI is InChI=1S/C19H31N5O.HI/c1-20-18(25)17-8-6-7-16(15-17)9-10-22-19(21-2)23-11-14-24-12-4-3-5-13-24;/h6-8,15H,3-5,9-14H2,1-2H3,(H,20,25)(H2,21,22,23);1H. The predicted octanol–water partition coefficient (Wildman–Crippen LogP) is 1.86. The van der Waals surface area contributed by atoms with Crippen molar-refractivity contribution in [3.05, 3.63) is 35.4 Å². The first kappa shape index (κ1) is 22.7. The number of nitrogens with zero attached hydrogens (tertiary/aromatic N) is 2. The van der Waals surface area contributed by atoms with Crippen LogP contribution in [0.5, 0.6) is 0 Å². The molecule has 0 radical (unpaired) electrons. The molecule has 1 fully saturated rings. The van der Waals surface area contributed by atoms with Crippen molar-refractivity contribution in [3.8, 4) is 0 Å². The average Bonchev–Trinajstić information content (AvgIpc) is 2.67. The summed E-state index contributed by atoms with van der Waals surface area (Å²) in [5, 5.41) is 9.37. The van der Waals surface area contributed by atoms with Gasteiger partial charge in [0, 0.05) is 39.3 Å². The Bertz CT molecular complexity index is 573. The van der Waals surface area contributed by atoms with E-state index in [1.807, 2.05) is 24.3 Å². The molecule has 1 saturated heterocycles. The second kappa shape index (κ2) is 12.9. The number of aliphatic imine (C=N–C) groups is 1. The summed E-state index contributed by atoms with van der Waals surface area (Å²) in [4.78, 5) is 18.5. The highest BCUT2D eigenvalue weighted by Crippen LogP contribution is 2.07. The van der Waals surface area contributed by atoms with Gasteiger partial charge in [0.15, 0.2) is 5.96 Å². The summed E-state index contributed by atoms with van der Waals surface area (Å²) >= 11 is 0. The Balaban J connectivity index is 0.00000338. The summed E-state index contributed by atoms with van der Waals surface area (Å²) in [5.41, 5.74) is 1.83. The van der Waals surface area contributed by atoms with Gasteiger partial charge in [-0.15, -0.1) is 24.0 Å². The first-order chi connectivity index (χ1) is 12.2. The molecule has 1 aliphatic rings. The third-order valence-corrected chi connectivity index (χ3v) is 4.52. The van der Waals surface area contributed by atoms with Crippen LogP contribution in [-0.4, -0.2) is 63.6 Å². The number of carbonyl (C=O) groups is 1. The number of rotatable bonds is 7. The van der Waals surface area contributed by atoms with Crippen molar-refractivity contribution in [2.24, 2.45) is 4.99 Å². The molecule has 6 nitrogen and oxygen atoms in total. The maximum Gasteiger partial charge on any atom is 0.251 e. The van der Waals surface area contributed by atoms with Crippen molar-refractivity contribution in [2.45, 2.75) is 25.7 Å². The fourth-order valence-corrected chi connectivity index (χ4v) is 3.07. The Labute approximate surface area is 174 Å². The van der Waals surface area contributed by atoms with Gasteiger partial charge in [0.1, 0.15) is 0 Å². The van der Waals surface area contributed by atoms with Crippen molar-refractivity contribution in [3.63, 3.8) is 0 Å². The molecule has 0 unspecified atom stereocenters.